The Morgan fingerprint density at radius 2 is 2.00 bits per heavy atom. The molecule has 1 rings (SSSR count). The highest BCUT2D eigenvalue weighted by Crippen LogP contribution is 2.17. The third kappa shape index (κ3) is 2.87. The van der Waals surface area contributed by atoms with Crippen LogP contribution in [-0.4, -0.2) is 5.90 Å². The van der Waals surface area contributed by atoms with Crippen LogP contribution >= 0.6 is 11.6 Å². The van der Waals surface area contributed by atoms with Crippen molar-refractivity contribution in [1.82, 2.24) is 0 Å². The Labute approximate surface area is 87.8 Å². The van der Waals surface area contributed by atoms with Gasteiger partial charge in [-0.05, 0) is 17.7 Å². The summed E-state index contributed by atoms with van der Waals surface area (Å²) in [6.45, 7) is 5.43. The first-order valence-electron chi connectivity index (χ1n) is 4.00. The SMILES string of the molecule is C=C(/N=C(/C)ON)c1ccc(Cl)cc1. The molecule has 0 heterocycles. The number of halogens is 1. The highest BCUT2D eigenvalue weighted by Gasteiger charge is 1.98. The molecule has 0 bridgehead atoms. The van der Waals surface area contributed by atoms with Crippen LogP contribution in [0.4, 0.5) is 0 Å². The minimum Gasteiger partial charge on any atom is -0.396 e. The number of nitrogens with zero attached hydrogens (tertiary/aromatic N) is 1. The summed E-state index contributed by atoms with van der Waals surface area (Å²) in [5.74, 6) is 5.30. The molecule has 3 nitrogen and oxygen atoms in total. The molecule has 0 saturated heterocycles. The zero-order chi connectivity index (χ0) is 10.6. The van der Waals surface area contributed by atoms with Crippen LogP contribution in [0.1, 0.15) is 12.5 Å². The number of hydrogen-bond acceptors (Lipinski definition) is 3. The van der Waals surface area contributed by atoms with Gasteiger partial charge < -0.3 is 4.84 Å². The predicted octanol–water partition coefficient (Wildman–Crippen LogP) is 2.62. The maximum Gasteiger partial charge on any atom is 0.210 e. The molecule has 0 aromatic heterocycles. The van der Waals surface area contributed by atoms with Gasteiger partial charge in [-0.25, -0.2) is 4.99 Å². The van der Waals surface area contributed by atoms with Gasteiger partial charge in [0.2, 0.25) is 5.90 Å². The highest BCUT2D eigenvalue weighted by atomic mass is 35.5. The van der Waals surface area contributed by atoms with Gasteiger partial charge in [-0.2, -0.15) is 5.90 Å². The Kier molecular flexibility index (Phi) is 3.68. The summed E-state index contributed by atoms with van der Waals surface area (Å²) < 4.78 is 0. The van der Waals surface area contributed by atoms with E-state index in [1.54, 1.807) is 19.1 Å². The van der Waals surface area contributed by atoms with Crippen molar-refractivity contribution in [2.45, 2.75) is 6.92 Å². The van der Waals surface area contributed by atoms with Gasteiger partial charge >= 0.3 is 0 Å². The van der Waals surface area contributed by atoms with E-state index in [9.17, 15) is 0 Å². The van der Waals surface area contributed by atoms with Gasteiger partial charge in [-0.15, -0.1) is 0 Å². The van der Waals surface area contributed by atoms with Gasteiger partial charge in [-0.1, -0.05) is 30.3 Å². The van der Waals surface area contributed by atoms with Crippen LogP contribution in [0.3, 0.4) is 0 Å². The standard InChI is InChI=1S/C10H11ClN2O/c1-7(13-8(2)14-12)9-3-5-10(11)6-4-9/h3-6H,1,12H2,2H3/b13-8-. The third-order valence-corrected chi connectivity index (χ3v) is 1.89. The lowest BCUT2D eigenvalue weighted by Gasteiger charge is -2.01. The van der Waals surface area contributed by atoms with Crippen molar-refractivity contribution in [1.29, 1.82) is 0 Å². The Balaban J connectivity index is 2.85. The van der Waals surface area contributed by atoms with E-state index in [0.717, 1.165) is 5.56 Å². The fourth-order valence-corrected chi connectivity index (χ4v) is 1.05. The van der Waals surface area contributed by atoms with Crippen molar-refractivity contribution >= 4 is 23.2 Å². The van der Waals surface area contributed by atoms with Gasteiger partial charge in [0.05, 0.1) is 5.70 Å². The van der Waals surface area contributed by atoms with E-state index in [2.05, 4.69) is 16.4 Å². The molecule has 0 aliphatic heterocycles. The first-order valence-corrected chi connectivity index (χ1v) is 4.38. The fourth-order valence-electron chi connectivity index (χ4n) is 0.923. The second-order valence-corrected chi connectivity index (χ2v) is 3.14. The summed E-state index contributed by atoms with van der Waals surface area (Å²) in [6, 6.07) is 7.21. The molecule has 0 spiro atoms. The predicted molar refractivity (Wildman–Crippen MR) is 58.9 cm³/mol. The molecule has 0 atom stereocenters. The lowest BCUT2D eigenvalue weighted by atomic mass is 10.2. The van der Waals surface area contributed by atoms with Gasteiger partial charge in [0.15, 0.2) is 0 Å². The lowest BCUT2D eigenvalue weighted by Crippen LogP contribution is -2.05. The van der Waals surface area contributed by atoms with Crippen molar-refractivity contribution in [2.75, 3.05) is 0 Å². The van der Waals surface area contributed by atoms with Crippen LogP contribution in [0, 0.1) is 0 Å². The van der Waals surface area contributed by atoms with Gasteiger partial charge in [0.25, 0.3) is 0 Å². The fraction of sp³-hybridized carbons (Fsp3) is 0.100. The van der Waals surface area contributed by atoms with Crippen molar-refractivity contribution in [2.24, 2.45) is 10.9 Å². The van der Waals surface area contributed by atoms with Crippen LogP contribution in [0.15, 0.2) is 35.8 Å². The largest absolute Gasteiger partial charge is 0.396 e. The molecule has 0 aliphatic carbocycles. The molecule has 0 saturated carbocycles. The van der Waals surface area contributed by atoms with Crippen LogP contribution in [-0.2, 0) is 4.84 Å². The molecular weight excluding hydrogens is 200 g/mol. The quantitative estimate of drug-likeness (QED) is 0.464. The number of benzene rings is 1. The molecule has 0 fully saturated rings. The van der Waals surface area contributed by atoms with Crippen molar-refractivity contribution in [3.05, 3.63) is 41.4 Å². The number of rotatable bonds is 2. The van der Waals surface area contributed by atoms with Gasteiger partial charge in [0, 0.05) is 11.9 Å². The molecule has 1 aromatic rings. The number of aliphatic imine (C=N–C) groups is 1. The Bertz CT molecular complexity index is 357. The highest BCUT2D eigenvalue weighted by molar-refractivity contribution is 6.30. The summed E-state index contributed by atoms with van der Waals surface area (Å²) in [4.78, 5) is 8.46. The molecular formula is C10H11ClN2O. The molecule has 14 heavy (non-hydrogen) atoms. The molecule has 0 unspecified atom stereocenters. The van der Waals surface area contributed by atoms with Crippen molar-refractivity contribution in [3.8, 4) is 0 Å². The molecule has 74 valence electrons. The smallest absolute Gasteiger partial charge is 0.210 e. The van der Waals surface area contributed by atoms with Crippen LogP contribution in [0.25, 0.3) is 5.70 Å². The average molecular weight is 211 g/mol. The average Bonchev–Trinajstić information content (AvgIpc) is 2.18. The normalized spacial score (nSPS) is 11.2. The van der Waals surface area contributed by atoms with E-state index in [4.69, 9.17) is 17.5 Å². The van der Waals surface area contributed by atoms with Gasteiger partial charge in [-0.3, -0.25) is 0 Å². The second kappa shape index (κ2) is 4.79. The number of hydrogen-bond donors (Lipinski definition) is 1. The van der Waals surface area contributed by atoms with E-state index in [0.29, 0.717) is 16.6 Å². The summed E-state index contributed by atoms with van der Waals surface area (Å²) in [5, 5.41) is 0.678. The Morgan fingerprint density at radius 3 is 2.50 bits per heavy atom. The van der Waals surface area contributed by atoms with E-state index < -0.39 is 0 Å². The lowest BCUT2D eigenvalue weighted by molar-refractivity contribution is 0.318. The van der Waals surface area contributed by atoms with Crippen LogP contribution in [0.5, 0.6) is 0 Å². The van der Waals surface area contributed by atoms with E-state index in [-0.39, 0.29) is 0 Å². The minimum absolute atomic E-state index is 0.366. The first kappa shape index (κ1) is 10.8. The molecule has 2 N–H and O–H groups in total. The molecule has 1 aromatic carbocycles. The van der Waals surface area contributed by atoms with E-state index in [1.807, 2.05) is 12.1 Å². The first-order chi connectivity index (χ1) is 6.63. The molecule has 0 radical (unpaired) electrons. The van der Waals surface area contributed by atoms with E-state index in [1.165, 1.54) is 0 Å². The molecule has 4 heteroatoms. The van der Waals surface area contributed by atoms with E-state index >= 15 is 0 Å². The zero-order valence-electron chi connectivity index (χ0n) is 7.83. The summed E-state index contributed by atoms with van der Waals surface area (Å²) in [6.07, 6.45) is 0. The van der Waals surface area contributed by atoms with Crippen LogP contribution in [0.2, 0.25) is 5.02 Å². The maximum atomic E-state index is 5.74. The molecule has 0 amide bonds. The monoisotopic (exact) mass is 210 g/mol. The number of nitrogens with two attached hydrogens (primary N) is 1. The van der Waals surface area contributed by atoms with Crippen molar-refractivity contribution < 1.29 is 4.84 Å². The topological polar surface area (TPSA) is 47.6 Å². The van der Waals surface area contributed by atoms with Gasteiger partial charge in [0.1, 0.15) is 0 Å². The van der Waals surface area contributed by atoms with Crippen molar-refractivity contribution in [3.63, 3.8) is 0 Å². The minimum atomic E-state index is 0.366. The Hall–Kier alpha value is -1.32. The Morgan fingerprint density at radius 1 is 1.43 bits per heavy atom. The summed E-state index contributed by atoms with van der Waals surface area (Å²) >= 11 is 5.74. The summed E-state index contributed by atoms with van der Waals surface area (Å²) in [5.41, 5.74) is 1.47. The zero-order valence-corrected chi connectivity index (χ0v) is 8.58. The summed E-state index contributed by atoms with van der Waals surface area (Å²) in [7, 11) is 0. The second-order valence-electron chi connectivity index (χ2n) is 2.70. The maximum absolute atomic E-state index is 5.74. The van der Waals surface area contributed by atoms with Crippen LogP contribution < -0.4 is 5.90 Å². The molecule has 0 aliphatic rings. The third-order valence-electron chi connectivity index (χ3n) is 1.64.